The molecule has 42 heavy (non-hydrogen) atoms. The van der Waals surface area contributed by atoms with E-state index in [2.05, 4.69) is 95.7 Å². The molecule has 4 aromatic heterocycles. The molecule has 0 radical (unpaired) electrons. The van der Waals surface area contributed by atoms with Crippen LogP contribution in [0.1, 0.15) is 32.0 Å². The third-order valence-electron chi connectivity index (χ3n) is 7.05. The highest BCUT2D eigenvalue weighted by molar-refractivity contribution is 7.22. The largest absolute Gasteiger partial charge is 0.192 e. The van der Waals surface area contributed by atoms with E-state index in [0.29, 0.717) is 11.1 Å². The Labute approximate surface area is 259 Å². The summed E-state index contributed by atoms with van der Waals surface area (Å²) in [4.78, 5) is 7.39. The normalized spacial score (nSPS) is 11.6. The molecule has 7 aromatic rings. The van der Waals surface area contributed by atoms with Gasteiger partial charge >= 0.3 is 0 Å². The lowest BCUT2D eigenvalue weighted by molar-refractivity contribution is 1.50. The molecule has 0 aliphatic rings. The van der Waals surface area contributed by atoms with E-state index < -0.39 is 0 Å². The van der Waals surface area contributed by atoms with E-state index in [1.54, 1.807) is 45.3 Å². The number of nitriles is 2. The van der Waals surface area contributed by atoms with Gasteiger partial charge in [0.05, 0.1) is 11.1 Å². The van der Waals surface area contributed by atoms with Gasteiger partial charge in [-0.05, 0) is 82.6 Å². The average molecular weight is 609 g/mol. The standard InChI is InChI=1S/C36H20N2S4/c37-21-31-28-14-8-24(6-10-26-12-16-36(42-26)34-4-2-18-40-34)20-30(28)32(22-38)27-13-7-23(19-29(27)31)5-9-25-11-15-35(41-25)33-3-1-17-39-33/h1-20H/b9-5+,10-6+. The van der Waals surface area contributed by atoms with Gasteiger partial charge in [0.15, 0.2) is 0 Å². The van der Waals surface area contributed by atoms with Crippen molar-refractivity contribution in [2.24, 2.45) is 0 Å². The van der Waals surface area contributed by atoms with Gasteiger partial charge in [0.1, 0.15) is 12.1 Å². The topological polar surface area (TPSA) is 47.6 Å². The lowest BCUT2D eigenvalue weighted by Crippen LogP contribution is -1.91. The van der Waals surface area contributed by atoms with Crippen molar-refractivity contribution in [1.29, 1.82) is 10.5 Å². The van der Waals surface area contributed by atoms with Crippen molar-refractivity contribution in [3.63, 3.8) is 0 Å². The van der Waals surface area contributed by atoms with Crippen molar-refractivity contribution in [2.75, 3.05) is 0 Å². The van der Waals surface area contributed by atoms with Crippen LogP contribution in [0.5, 0.6) is 0 Å². The average Bonchev–Trinajstić information content (AvgIpc) is 3.85. The Morgan fingerprint density at radius 2 is 0.952 bits per heavy atom. The van der Waals surface area contributed by atoms with Gasteiger partial charge in [-0.3, -0.25) is 0 Å². The summed E-state index contributed by atoms with van der Waals surface area (Å²) in [7, 11) is 0. The van der Waals surface area contributed by atoms with Gasteiger partial charge in [0.25, 0.3) is 0 Å². The number of thiophene rings is 4. The quantitative estimate of drug-likeness (QED) is 0.176. The highest BCUT2D eigenvalue weighted by Crippen LogP contribution is 2.36. The monoisotopic (exact) mass is 608 g/mol. The minimum absolute atomic E-state index is 0.597. The molecule has 0 atom stereocenters. The highest BCUT2D eigenvalue weighted by Gasteiger charge is 2.14. The van der Waals surface area contributed by atoms with Gasteiger partial charge in [0.2, 0.25) is 0 Å². The van der Waals surface area contributed by atoms with Crippen molar-refractivity contribution >= 4 is 91.2 Å². The number of fused-ring (bicyclic) bond motifs is 2. The zero-order valence-electron chi connectivity index (χ0n) is 22.1. The van der Waals surface area contributed by atoms with Crippen molar-refractivity contribution < 1.29 is 0 Å². The van der Waals surface area contributed by atoms with Crippen molar-refractivity contribution in [2.45, 2.75) is 0 Å². The van der Waals surface area contributed by atoms with Crippen LogP contribution in [-0.4, -0.2) is 0 Å². The zero-order valence-corrected chi connectivity index (χ0v) is 25.3. The van der Waals surface area contributed by atoms with Crippen LogP contribution >= 0.6 is 45.3 Å². The third kappa shape index (κ3) is 5.03. The minimum atomic E-state index is 0.597. The third-order valence-corrected chi connectivity index (χ3v) is 11.3. The summed E-state index contributed by atoms with van der Waals surface area (Å²) in [6.45, 7) is 0. The fourth-order valence-corrected chi connectivity index (χ4v) is 8.55. The first-order valence-corrected chi connectivity index (χ1v) is 16.6. The summed E-state index contributed by atoms with van der Waals surface area (Å²) >= 11 is 7.00. The van der Waals surface area contributed by atoms with Gasteiger partial charge in [-0.2, -0.15) is 10.5 Å². The number of hydrogen-bond donors (Lipinski definition) is 0. The SMILES string of the molecule is N#Cc1c2ccc(/C=C/c3ccc(-c4cccs4)s3)cc2c(C#N)c2ccc(/C=C/c3ccc(-c4cccs4)s3)cc12. The van der Waals surface area contributed by atoms with Crippen LogP contribution in [0.15, 0.2) is 95.7 Å². The predicted octanol–water partition coefficient (Wildman–Crippen LogP) is 11.7. The second-order valence-electron chi connectivity index (χ2n) is 9.61. The van der Waals surface area contributed by atoms with E-state index in [1.165, 1.54) is 29.3 Å². The first-order chi connectivity index (χ1) is 20.7. The molecule has 0 amide bonds. The summed E-state index contributed by atoms with van der Waals surface area (Å²) in [6.07, 6.45) is 8.36. The van der Waals surface area contributed by atoms with E-state index in [9.17, 15) is 10.5 Å². The molecule has 7 rings (SSSR count). The van der Waals surface area contributed by atoms with Crippen LogP contribution in [0.4, 0.5) is 0 Å². The molecule has 0 saturated carbocycles. The number of nitrogens with zero attached hydrogens (tertiary/aromatic N) is 2. The maximum absolute atomic E-state index is 10.2. The Balaban J connectivity index is 1.23. The maximum atomic E-state index is 10.2. The number of rotatable bonds is 6. The van der Waals surface area contributed by atoms with Gasteiger partial charge in [-0.25, -0.2) is 0 Å². The van der Waals surface area contributed by atoms with Crippen molar-refractivity contribution in [3.05, 3.63) is 128 Å². The fraction of sp³-hybridized carbons (Fsp3) is 0. The first kappa shape index (κ1) is 26.3. The van der Waals surface area contributed by atoms with Crippen LogP contribution in [-0.2, 0) is 0 Å². The summed E-state index contributed by atoms with van der Waals surface area (Å²) in [6, 6.07) is 33.9. The molecular weight excluding hydrogens is 589 g/mol. The van der Waals surface area contributed by atoms with Crippen molar-refractivity contribution in [3.8, 4) is 31.6 Å². The second-order valence-corrected chi connectivity index (χ2v) is 13.7. The molecule has 6 heteroatoms. The molecule has 0 fully saturated rings. The lowest BCUT2D eigenvalue weighted by atomic mass is 9.90. The molecule has 0 saturated heterocycles. The van der Waals surface area contributed by atoms with Gasteiger partial charge in [0, 0.05) is 50.8 Å². The Kier molecular flexibility index (Phi) is 7.13. The van der Waals surface area contributed by atoms with Crippen LogP contribution in [0.25, 0.3) is 65.4 Å². The molecule has 0 bridgehead atoms. The Morgan fingerprint density at radius 3 is 1.36 bits per heavy atom. The molecule has 0 spiro atoms. The number of benzene rings is 3. The Bertz CT molecular complexity index is 2050. The summed E-state index contributed by atoms with van der Waals surface area (Å²) in [5.41, 5.74) is 3.18. The van der Waals surface area contributed by atoms with E-state index >= 15 is 0 Å². The fourth-order valence-electron chi connectivity index (χ4n) is 5.06. The summed E-state index contributed by atoms with van der Waals surface area (Å²) in [5, 5.41) is 27.9. The molecule has 0 aliphatic carbocycles. The second kappa shape index (κ2) is 11.4. The zero-order chi connectivity index (χ0) is 28.5. The van der Waals surface area contributed by atoms with E-state index in [-0.39, 0.29) is 0 Å². The van der Waals surface area contributed by atoms with Crippen LogP contribution in [0.3, 0.4) is 0 Å². The highest BCUT2D eigenvalue weighted by atomic mass is 32.1. The first-order valence-electron chi connectivity index (χ1n) is 13.2. The van der Waals surface area contributed by atoms with Gasteiger partial charge in [-0.1, -0.05) is 48.6 Å². The lowest BCUT2D eigenvalue weighted by Gasteiger charge is -2.11. The molecule has 198 valence electrons. The van der Waals surface area contributed by atoms with Crippen LogP contribution < -0.4 is 0 Å². The minimum Gasteiger partial charge on any atom is -0.192 e. The van der Waals surface area contributed by atoms with Crippen LogP contribution in [0, 0.1) is 22.7 Å². The summed E-state index contributed by atoms with van der Waals surface area (Å²) < 4.78 is 0. The Hall–Kier alpha value is -4.56. The molecule has 0 aliphatic heterocycles. The van der Waals surface area contributed by atoms with E-state index in [4.69, 9.17) is 0 Å². The summed E-state index contributed by atoms with van der Waals surface area (Å²) in [5.74, 6) is 0. The molecule has 4 heterocycles. The van der Waals surface area contributed by atoms with Gasteiger partial charge < -0.3 is 0 Å². The molecule has 3 aromatic carbocycles. The molecule has 0 N–H and O–H groups in total. The van der Waals surface area contributed by atoms with E-state index in [0.717, 1.165) is 32.7 Å². The maximum Gasteiger partial charge on any atom is 0.100 e. The number of hydrogen-bond acceptors (Lipinski definition) is 6. The van der Waals surface area contributed by atoms with Gasteiger partial charge in [-0.15, -0.1) is 45.3 Å². The molecule has 0 unspecified atom stereocenters. The molecular formula is C36H20N2S4. The van der Waals surface area contributed by atoms with E-state index in [1.807, 2.05) is 36.4 Å². The van der Waals surface area contributed by atoms with Crippen molar-refractivity contribution in [1.82, 2.24) is 0 Å². The molecule has 2 nitrogen and oxygen atoms in total. The predicted molar refractivity (Wildman–Crippen MR) is 184 cm³/mol. The Morgan fingerprint density at radius 1 is 0.476 bits per heavy atom. The smallest absolute Gasteiger partial charge is 0.100 e. The van der Waals surface area contributed by atoms with Crippen LogP contribution in [0.2, 0.25) is 0 Å².